The lowest BCUT2D eigenvalue weighted by Gasteiger charge is -1.97. The highest BCUT2D eigenvalue weighted by atomic mass is 19.1. The van der Waals surface area contributed by atoms with E-state index in [0.717, 1.165) is 0 Å². The molecule has 0 aliphatic carbocycles. The molecule has 0 aliphatic rings. The smallest absolute Gasteiger partial charge is 0.124 e. The molecular formula is C10H8FN. The lowest BCUT2D eigenvalue weighted by Crippen LogP contribution is -1.85. The summed E-state index contributed by atoms with van der Waals surface area (Å²) in [5.74, 6) is -0.322. The average Bonchev–Trinajstić information content (AvgIpc) is 2.04. The van der Waals surface area contributed by atoms with E-state index in [2.05, 4.69) is 6.58 Å². The van der Waals surface area contributed by atoms with Gasteiger partial charge in [0.1, 0.15) is 5.82 Å². The van der Waals surface area contributed by atoms with Gasteiger partial charge in [0, 0.05) is 0 Å². The van der Waals surface area contributed by atoms with Gasteiger partial charge in [-0.2, -0.15) is 5.26 Å². The van der Waals surface area contributed by atoms with E-state index in [0.29, 0.717) is 11.1 Å². The molecule has 0 aliphatic heterocycles. The first-order chi connectivity index (χ1) is 5.76. The minimum Gasteiger partial charge on any atom is -0.207 e. The van der Waals surface area contributed by atoms with Gasteiger partial charge >= 0.3 is 0 Å². The van der Waals surface area contributed by atoms with Crippen LogP contribution >= 0.6 is 0 Å². The molecule has 1 rings (SSSR count). The van der Waals surface area contributed by atoms with Crippen molar-refractivity contribution in [1.82, 2.24) is 0 Å². The van der Waals surface area contributed by atoms with E-state index < -0.39 is 0 Å². The van der Waals surface area contributed by atoms with Gasteiger partial charge in [-0.05, 0) is 23.3 Å². The van der Waals surface area contributed by atoms with Crippen molar-refractivity contribution < 1.29 is 4.39 Å². The second-order valence-electron chi connectivity index (χ2n) is 2.43. The van der Waals surface area contributed by atoms with Crippen molar-refractivity contribution in [3.05, 3.63) is 41.7 Å². The highest BCUT2D eigenvalue weighted by Crippen LogP contribution is 2.10. The molecule has 0 saturated heterocycles. The lowest BCUT2D eigenvalue weighted by molar-refractivity contribution is 0.626. The topological polar surface area (TPSA) is 23.8 Å². The van der Waals surface area contributed by atoms with E-state index in [4.69, 9.17) is 5.26 Å². The minimum absolute atomic E-state index is 0.235. The zero-order valence-corrected chi connectivity index (χ0v) is 6.55. The molecule has 0 bridgehead atoms. The van der Waals surface area contributed by atoms with E-state index in [9.17, 15) is 4.39 Å². The van der Waals surface area contributed by atoms with Crippen LogP contribution in [0.5, 0.6) is 0 Å². The van der Waals surface area contributed by atoms with E-state index in [1.54, 1.807) is 12.1 Å². The van der Waals surface area contributed by atoms with Crippen LogP contribution in [0.1, 0.15) is 11.1 Å². The zero-order valence-electron chi connectivity index (χ0n) is 6.55. The first kappa shape index (κ1) is 8.48. The molecule has 1 nitrogen and oxygen atoms in total. The Labute approximate surface area is 70.8 Å². The molecule has 0 amide bonds. The monoisotopic (exact) mass is 161 g/mol. The number of hydrogen-bond acceptors (Lipinski definition) is 1. The molecule has 0 unspecified atom stereocenters. The largest absolute Gasteiger partial charge is 0.207 e. The molecule has 60 valence electrons. The Balaban J connectivity index is 3.07. The van der Waals surface area contributed by atoms with Crippen molar-refractivity contribution in [2.45, 2.75) is 6.42 Å². The Hall–Kier alpha value is -1.62. The van der Waals surface area contributed by atoms with Gasteiger partial charge < -0.3 is 0 Å². The molecule has 1 aromatic rings. The summed E-state index contributed by atoms with van der Waals surface area (Å²) in [5, 5.41) is 8.38. The van der Waals surface area contributed by atoms with E-state index >= 15 is 0 Å². The van der Waals surface area contributed by atoms with Crippen LogP contribution in [0.4, 0.5) is 4.39 Å². The predicted molar refractivity (Wildman–Crippen MR) is 45.8 cm³/mol. The number of hydrogen-bond donors (Lipinski definition) is 0. The summed E-state index contributed by atoms with van der Waals surface area (Å²) in [7, 11) is 0. The molecule has 0 N–H and O–H groups in total. The first-order valence-electron chi connectivity index (χ1n) is 3.55. The highest BCUT2D eigenvalue weighted by Gasteiger charge is 1.97. The van der Waals surface area contributed by atoms with Gasteiger partial charge in [0.05, 0.1) is 12.5 Å². The van der Waals surface area contributed by atoms with Crippen LogP contribution in [0.3, 0.4) is 0 Å². The molecular weight excluding hydrogens is 153 g/mol. The first-order valence-corrected chi connectivity index (χ1v) is 3.55. The van der Waals surface area contributed by atoms with Crippen molar-refractivity contribution in [1.29, 1.82) is 5.26 Å². The Kier molecular flexibility index (Phi) is 2.60. The van der Waals surface area contributed by atoms with Crippen LogP contribution in [0.15, 0.2) is 24.8 Å². The normalized spacial score (nSPS) is 9.00. The van der Waals surface area contributed by atoms with Crippen LogP contribution in [0, 0.1) is 17.1 Å². The minimum atomic E-state index is -0.322. The lowest BCUT2D eigenvalue weighted by atomic mass is 10.1. The number of rotatable bonds is 2. The zero-order chi connectivity index (χ0) is 8.97. The van der Waals surface area contributed by atoms with Gasteiger partial charge in [-0.25, -0.2) is 4.39 Å². The highest BCUT2D eigenvalue weighted by molar-refractivity contribution is 5.48. The van der Waals surface area contributed by atoms with Crippen molar-refractivity contribution in [2.24, 2.45) is 0 Å². The third kappa shape index (κ3) is 1.93. The van der Waals surface area contributed by atoms with Crippen LogP contribution in [0.25, 0.3) is 6.08 Å². The van der Waals surface area contributed by atoms with Crippen molar-refractivity contribution in [3.8, 4) is 6.07 Å². The summed E-state index contributed by atoms with van der Waals surface area (Å²) < 4.78 is 12.8. The second kappa shape index (κ2) is 3.68. The van der Waals surface area contributed by atoms with Gasteiger partial charge in [-0.15, -0.1) is 0 Å². The second-order valence-corrected chi connectivity index (χ2v) is 2.43. The molecule has 0 heterocycles. The molecule has 0 radical (unpaired) electrons. The van der Waals surface area contributed by atoms with Gasteiger partial charge in [-0.1, -0.05) is 18.7 Å². The van der Waals surface area contributed by atoms with E-state index in [1.807, 2.05) is 6.07 Å². The fourth-order valence-electron chi connectivity index (χ4n) is 0.987. The number of nitriles is 1. The maximum atomic E-state index is 12.8. The van der Waals surface area contributed by atoms with Crippen molar-refractivity contribution >= 4 is 6.08 Å². The predicted octanol–water partition coefficient (Wildman–Crippen LogP) is 2.53. The molecule has 12 heavy (non-hydrogen) atoms. The van der Waals surface area contributed by atoms with Crippen LogP contribution in [0.2, 0.25) is 0 Å². The summed E-state index contributed by atoms with van der Waals surface area (Å²) >= 11 is 0. The maximum Gasteiger partial charge on any atom is 0.124 e. The molecule has 0 aromatic heterocycles. The summed E-state index contributed by atoms with van der Waals surface area (Å²) in [6, 6.07) is 6.45. The summed E-state index contributed by atoms with van der Waals surface area (Å²) in [6.45, 7) is 3.52. The van der Waals surface area contributed by atoms with E-state index in [1.165, 1.54) is 12.1 Å². The van der Waals surface area contributed by atoms with Gasteiger partial charge in [0.2, 0.25) is 0 Å². The standard InChI is InChI=1S/C10H8FN/c1-2-8-5-9(3-4-12)7-10(11)6-8/h2,5-7H,1,3H2. The SMILES string of the molecule is C=Cc1cc(F)cc(CC#N)c1. The number of benzene rings is 1. The molecule has 0 saturated carbocycles. The fraction of sp³-hybridized carbons (Fsp3) is 0.100. The quantitative estimate of drug-likeness (QED) is 0.653. The van der Waals surface area contributed by atoms with Crippen LogP contribution in [-0.4, -0.2) is 0 Å². The molecule has 1 aromatic carbocycles. The van der Waals surface area contributed by atoms with Crippen molar-refractivity contribution in [3.63, 3.8) is 0 Å². The maximum absolute atomic E-state index is 12.8. The molecule has 0 fully saturated rings. The summed E-state index contributed by atoms with van der Waals surface area (Å²) in [6.07, 6.45) is 1.79. The van der Waals surface area contributed by atoms with Crippen LogP contribution in [-0.2, 0) is 6.42 Å². The van der Waals surface area contributed by atoms with Crippen LogP contribution < -0.4 is 0 Å². The third-order valence-electron chi connectivity index (χ3n) is 1.50. The summed E-state index contributed by atoms with van der Waals surface area (Å²) in [4.78, 5) is 0. The third-order valence-corrected chi connectivity index (χ3v) is 1.50. The Bertz CT molecular complexity index is 336. The Morgan fingerprint density at radius 3 is 2.83 bits per heavy atom. The molecule has 0 spiro atoms. The fourth-order valence-corrected chi connectivity index (χ4v) is 0.987. The van der Waals surface area contributed by atoms with Gasteiger partial charge in [0.15, 0.2) is 0 Å². The van der Waals surface area contributed by atoms with Crippen molar-refractivity contribution in [2.75, 3.05) is 0 Å². The molecule has 2 heteroatoms. The average molecular weight is 161 g/mol. The number of nitrogens with zero attached hydrogens (tertiary/aromatic N) is 1. The van der Waals surface area contributed by atoms with Gasteiger partial charge in [-0.3, -0.25) is 0 Å². The van der Waals surface area contributed by atoms with Gasteiger partial charge in [0.25, 0.3) is 0 Å². The Morgan fingerprint density at radius 2 is 2.25 bits per heavy atom. The van der Waals surface area contributed by atoms with E-state index in [-0.39, 0.29) is 12.2 Å². The Morgan fingerprint density at radius 1 is 1.50 bits per heavy atom. The molecule has 0 atom stereocenters. The number of halogens is 1. The summed E-state index contributed by atoms with van der Waals surface area (Å²) in [5.41, 5.74) is 1.40.